The zero-order valence-electron chi connectivity index (χ0n) is 9.78. The first kappa shape index (κ1) is 13.5. The van der Waals surface area contributed by atoms with Crippen LogP contribution in [0.1, 0.15) is 15.9 Å². The lowest BCUT2D eigenvalue weighted by atomic mass is 10.2. The molecule has 2 nitrogen and oxygen atoms in total. The number of benzene rings is 2. The molecule has 0 atom stereocenters. The highest BCUT2D eigenvalue weighted by molar-refractivity contribution is 6.42. The number of terminal acetylenes is 1. The fourth-order valence-corrected chi connectivity index (χ4v) is 1.83. The Morgan fingerprint density at radius 2 is 1.89 bits per heavy atom. The molecule has 0 aliphatic rings. The molecule has 0 fully saturated rings. The predicted octanol–water partition coefficient (Wildman–Crippen LogP) is 4.23. The van der Waals surface area contributed by atoms with Crippen molar-refractivity contribution in [2.45, 2.75) is 0 Å². The third-order valence-corrected chi connectivity index (χ3v) is 3.21. The number of rotatable bonds is 2. The number of carbonyl (C=O) groups is 1. The molecular weight excluding hydrogens is 281 g/mol. The molecule has 0 spiro atoms. The summed E-state index contributed by atoms with van der Waals surface area (Å²) >= 11 is 11.7. The standard InChI is InChI=1S/C15H9Cl2NO/c1-2-10-4-3-5-12(8-10)18-15(19)11-6-7-13(16)14(17)9-11/h1,3-9H,(H,18,19). The molecule has 0 unspecified atom stereocenters. The van der Waals surface area contributed by atoms with Gasteiger partial charge in [0.2, 0.25) is 0 Å². The number of hydrogen-bond acceptors (Lipinski definition) is 1. The van der Waals surface area contributed by atoms with Gasteiger partial charge in [0.05, 0.1) is 10.0 Å². The minimum Gasteiger partial charge on any atom is -0.322 e. The van der Waals surface area contributed by atoms with E-state index in [1.54, 1.807) is 36.4 Å². The average molecular weight is 290 g/mol. The SMILES string of the molecule is C#Cc1cccc(NC(=O)c2ccc(Cl)c(Cl)c2)c1. The molecule has 19 heavy (non-hydrogen) atoms. The maximum Gasteiger partial charge on any atom is 0.255 e. The molecule has 4 heteroatoms. The zero-order chi connectivity index (χ0) is 13.8. The van der Waals surface area contributed by atoms with E-state index >= 15 is 0 Å². The summed E-state index contributed by atoms with van der Waals surface area (Å²) < 4.78 is 0. The lowest BCUT2D eigenvalue weighted by Crippen LogP contribution is -2.11. The van der Waals surface area contributed by atoms with Gasteiger partial charge in [0.1, 0.15) is 0 Å². The first-order valence-electron chi connectivity index (χ1n) is 5.43. The highest BCUT2D eigenvalue weighted by atomic mass is 35.5. The predicted molar refractivity (Wildman–Crippen MR) is 78.8 cm³/mol. The molecule has 0 heterocycles. The molecule has 0 bridgehead atoms. The molecule has 0 aromatic heterocycles. The number of nitrogens with one attached hydrogen (secondary N) is 1. The van der Waals surface area contributed by atoms with Gasteiger partial charge in [-0.2, -0.15) is 0 Å². The summed E-state index contributed by atoms with van der Waals surface area (Å²) in [5.74, 6) is 2.24. The molecular formula is C15H9Cl2NO. The highest BCUT2D eigenvalue weighted by Crippen LogP contribution is 2.23. The first-order valence-corrected chi connectivity index (χ1v) is 6.19. The molecule has 0 aliphatic carbocycles. The second-order valence-corrected chi connectivity index (χ2v) is 4.62. The van der Waals surface area contributed by atoms with Crippen LogP contribution in [-0.4, -0.2) is 5.91 Å². The number of amides is 1. The topological polar surface area (TPSA) is 29.1 Å². The van der Waals surface area contributed by atoms with E-state index in [-0.39, 0.29) is 5.91 Å². The van der Waals surface area contributed by atoms with Gasteiger partial charge in [-0.3, -0.25) is 4.79 Å². The van der Waals surface area contributed by atoms with Crippen LogP contribution in [0.15, 0.2) is 42.5 Å². The minimum atomic E-state index is -0.271. The summed E-state index contributed by atoms with van der Waals surface area (Å²) in [6.45, 7) is 0. The average Bonchev–Trinajstić information content (AvgIpc) is 2.42. The van der Waals surface area contributed by atoms with Gasteiger partial charge in [-0.25, -0.2) is 0 Å². The van der Waals surface area contributed by atoms with Gasteiger partial charge in [0, 0.05) is 16.8 Å². The molecule has 2 aromatic rings. The molecule has 0 radical (unpaired) electrons. The van der Waals surface area contributed by atoms with Crippen LogP contribution in [0.5, 0.6) is 0 Å². The molecule has 1 amide bonds. The summed E-state index contributed by atoms with van der Waals surface area (Å²) in [5, 5.41) is 3.49. The third-order valence-electron chi connectivity index (χ3n) is 2.47. The van der Waals surface area contributed by atoms with Crippen LogP contribution < -0.4 is 5.32 Å². The molecule has 0 saturated heterocycles. The number of hydrogen-bond donors (Lipinski definition) is 1. The van der Waals surface area contributed by atoms with Gasteiger partial charge >= 0.3 is 0 Å². The lowest BCUT2D eigenvalue weighted by molar-refractivity contribution is 0.102. The van der Waals surface area contributed by atoms with E-state index in [1.807, 2.05) is 0 Å². The Morgan fingerprint density at radius 3 is 2.58 bits per heavy atom. The smallest absolute Gasteiger partial charge is 0.255 e. The molecule has 94 valence electrons. The van der Waals surface area contributed by atoms with Gasteiger partial charge in [-0.1, -0.05) is 35.2 Å². The fourth-order valence-electron chi connectivity index (χ4n) is 1.53. The number of anilines is 1. The van der Waals surface area contributed by atoms with Gasteiger partial charge in [-0.05, 0) is 36.4 Å². The Morgan fingerprint density at radius 1 is 1.11 bits per heavy atom. The van der Waals surface area contributed by atoms with Crippen molar-refractivity contribution in [1.82, 2.24) is 0 Å². The maximum atomic E-state index is 12.0. The van der Waals surface area contributed by atoms with Gasteiger partial charge in [0.15, 0.2) is 0 Å². The molecule has 2 aromatic carbocycles. The van der Waals surface area contributed by atoms with Crippen LogP contribution in [0.4, 0.5) is 5.69 Å². The van der Waals surface area contributed by atoms with Crippen LogP contribution in [0.3, 0.4) is 0 Å². The van der Waals surface area contributed by atoms with E-state index in [1.165, 1.54) is 6.07 Å². The lowest BCUT2D eigenvalue weighted by Gasteiger charge is -2.06. The maximum absolute atomic E-state index is 12.0. The fraction of sp³-hybridized carbons (Fsp3) is 0. The molecule has 0 aliphatic heterocycles. The molecule has 1 N–H and O–H groups in total. The Bertz CT molecular complexity index is 674. The summed E-state index contributed by atoms with van der Waals surface area (Å²) in [5.41, 5.74) is 1.76. The Labute approximate surface area is 121 Å². The summed E-state index contributed by atoms with van der Waals surface area (Å²) in [6, 6.07) is 11.7. The summed E-state index contributed by atoms with van der Waals surface area (Å²) in [7, 11) is 0. The monoisotopic (exact) mass is 289 g/mol. The summed E-state index contributed by atoms with van der Waals surface area (Å²) in [4.78, 5) is 12.0. The number of halogens is 2. The second-order valence-electron chi connectivity index (χ2n) is 3.81. The van der Waals surface area contributed by atoms with Crippen LogP contribution in [-0.2, 0) is 0 Å². The van der Waals surface area contributed by atoms with Crippen molar-refractivity contribution < 1.29 is 4.79 Å². The van der Waals surface area contributed by atoms with Crippen molar-refractivity contribution in [1.29, 1.82) is 0 Å². The Kier molecular flexibility index (Phi) is 4.11. The van der Waals surface area contributed by atoms with Crippen molar-refractivity contribution in [3.05, 3.63) is 63.6 Å². The van der Waals surface area contributed by atoms with Crippen LogP contribution in [0, 0.1) is 12.3 Å². The molecule has 0 saturated carbocycles. The van der Waals surface area contributed by atoms with Gasteiger partial charge < -0.3 is 5.32 Å². The van der Waals surface area contributed by atoms with Crippen molar-refractivity contribution in [3.8, 4) is 12.3 Å². The van der Waals surface area contributed by atoms with E-state index < -0.39 is 0 Å². The van der Waals surface area contributed by atoms with E-state index in [2.05, 4.69) is 11.2 Å². The van der Waals surface area contributed by atoms with E-state index in [0.717, 1.165) is 0 Å². The molecule has 2 rings (SSSR count). The van der Waals surface area contributed by atoms with Crippen LogP contribution >= 0.6 is 23.2 Å². The van der Waals surface area contributed by atoms with Crippen molar-refractivity contribution >= 4 is 34.8 Å². The number of carbonyl (C=O) groups excluding carboxylic acids is 1. The third kappa shape index (κ3) is 3.29. The Hall–Kier alpha value is -1.95. The van der Waals surface area contributed by atoms with E-state index in [4.69, 9.17) is 29.6 Å². The normalized spacial score (nSPS) is 9.74. The zero-order valence-corrected chi connectivity index (χ0v) is 11.3. The minimum absolute atomic E-state index is 0.271. The van der Waals surface area contributed by atoms with Crippen molar-refractivity contribution in [2.24, 2.45) is 0 Å². The highest BCUT2D eigenvalue weighted by Gasteiger charge is 2.08. The largest absolute Gasteiger partial charge is 0.322 e. The van der Waals surface area contributed by atoms with Crippen LogP contribution in [0.2, 0.25) is 10.0 Å². The van der Waals surface area contributed by atoms with E-state index in [9.17, 15) is 4.79 Å². The van der Waals surface area contributed by atoms with Crippen molar-refractivity contribution in [2.75, 3.05) is 5.32 Å². The van der Waals surface area contributed by atoms with Gasteiger partial charge in [0.25, 0.3) is 5.91 Å². The second kappa shape index (κ2) is 5.79. The van der Waals surface area contributed by atoms with E-state index in [0.29, 0.717) is 26.9 Å². The van der Waals surface area contributed by atoms with Crippen molar-refractivity contribution in [3.63, 3.8) is 0 Å². The first-order chi connectivity index (χ1) is 9.10. The van der Waals surface area contributed by atoms with Gasteiger partial charge in [-0.15, -0.1) is 6.42 Å². The van der Waals surface area contributed by atoms with Crippen LogP contribution in [0.25, 0.3) is 0 Å². The quantitative estimate of drug-likeness (QED) is 0.824. The Balaban J connectivity index is 2.21. The summed E-state index contributed by atoms with van der Waals surface area (Å²) in [6.07, 6.45) is 5.30.